The van der Waals surface area contributed by atoms with E-state index in [1.165, 1.54) is 17.6 Å². The van der Waals surface area contributed by atoms with Crippen molar-refractivity contribution in [3.8, 4) is 11.5 Å². The van der Waals surface area contributed by atoms with E-state index in [0.717, 1.165) is 0 Å². The minimum atomic E-state index is -0.493. The monoisotopic (exact) mass is 442 g/mol. The summed E-state index contributed by atoms with van der Waals surface area (Å²) in [6.07, 6.45) is 1.36. The summed E-state index contributed by atoms with van der Waals surface area (Å²) >= 11 is 1.19. The average molecular weight is 442 g/mol. The first-order chi connectivity index (χ1) is 15.0. The Balaban J connectivity index is 1.28. The number of hydrazine groups is 1. The van der Waals surface area contributed by atoms with Crippen LogP contribution in [-0.2, 0) is 11.2 Å². The lowest BCUT2D eigenvalue weighted by Crippen LogP contribution is -2.42. The fourth-order valence-corrected chi connectivity index (χ4v) is 3.53. The van der Waals surface area contributed by atoms with Gasteiger partial charge in [-0.1, -0.05) is 0 Å². The molecule has 0 atom stereocenters. The van der Waals surface area contributed by atoms with Gasteiger partial charge in [0.15, 0.2) is 16.6 Å². The molecule has 0 radical (unpaired) electrons. The van der Waals surface area contributed by atoms with E-state index < -0.39 is 11.8 Å². The summed E-state index contributed by atoms with van der Waals surface area (Å²) in [5.41, 5.74) is 5.88. The van der Waals surface area contributed by atoms with Crippen LogP contribution in [0.3, 0.4) is 0 Å². The number of hydrogen-bond acceptors (Lipinski definition) is 8. The lowest BCUT2D eigenvalue weighted by Gasteiger charge is -2.18. The highest BCUT2D eigenvalue weighted by Crippen LogP contribution is 2.30. The first kappa shape index (κ1) is 20.4. The number of rotatable bonds is 5. The van der Waals surface area contributed by atoms with Crippen molar-refractivity contribution >= 4 is 34.2 Å². The Labute approximate surface area is 180 Å². The number of ether oxygens (including phenoxy) is 2. The molecule has 1 aliphatic heterocycles. The molecular formula is C20H18N4O6S. The van der Waals surface area contributed by atoms with Crippen LogP contribution in [0, 0.1) is 6.92 Å². The van der Waals surface area contributed by atoms with Gasteiger partial charge in [0.25, 0.3) is 11.8 Å². The van der Waals surface area contributed by atoms with Crippen molar-refractivity contribution in [1.29, 1.82) is 0 Å². The van der Waals surface area contributed by atoms with Crippen LogP contribution >= 0.6 is 11.3 Å². The summed E-state index contributed by atoms with van der Waals surface area (Å²) in [7, 11) is 0. The van der Waals surface area contributed by atoms with Crippen LogP contribution in [0.15, 0.2) is 40.3 Å². The minimum absolute atomic E-state index is 0.0709. The molecule has 3 heterocycles. The van der Waals surface area contributed by atoms with Crippen molar-refractivity contribution in [2.75, 3.05) is 18.5 Å². The average Bonchev–Trinajstić information content (AvgIpc) is 3.40. The summed E-state index contributed by atoms with van der Waals surface area (Å²) in [6.45, 7) is 2.55. The number of anilines is 1. The van der Waals surface area contributed by atoms with Gasteiger partial charge in [0.2, 0.25) is 5.91 Å². The van der Waals surface area contributed by atoms with Crippen molar-refractivity contribution < 1.29 is 28.3 Å². The maximum atomic E-state index is 12.3. The van der Waals surface area contributed by atoms with Gasteiger partial charge in [-0.15, -0.1) is 11.3 Å². The van der Waals surface area contributed by atoms with Crippen LogP contribution in [0.1, 0.15) is 32.2 Å². The molecule has 0 fully saturated rings. The highest BCUT2D eigenvalue weighted by Gasteiger charge is 2.17. The third-order valence-corrected chi connectivity index (χ3v) is 5.14. The number of amides is 3. The predicted octanol–water partition coefficient (Wildman–Crippen LogP) is 2.07. The van der Waals surface area contributed by atoms with Gasteiger partial charge in [-0.3, -0.25) is 30.6 Å². The van der Waals surface area contributed by atoms with Crippen LogP contribution < -0.4 is 25.6 Å². The SMILES string of the molecule is Cc1occc1C(=O)Nc1nc(CC(=O)NNC(=O)c2ccc3c(c2)OCCO3)cs1. The van der Waals surface area contributed by atoms with Gasteiger partial charge in [-0.25, -0.2) is 4.98 Å². The van der Waals surface area contributed by atoms with E-state index in [4.69, 9.17) is 13.9 Å². The molecule has 160 valence electrons. The Morgan fingerprint density at radius 1 is 1.06 bits per heavy atom. The molecule has 11 heteroatoms. The largest absolute Gasteiger partial charge is 0.486 e. The minimum Gasteiger partial charge on any atom is -0.486 e. The zero-order valence-electron chi connectivity index (χ0n) is 16.4. The molecule has 3 aromatic rings. The van der Waals surface area contributed by atoms with Gasteiger partial charge in [0.05, 0.1) is 23.9 Å². The van der Waals surface area contributed by atoms with Gasteiger partial charge in [0, 0.05) is 10.9 Å². The maximum Gasteiger partial charge on any atom is 0.269 e. The first-order valence-corrected chi connectivity index (χ1v) is 10.2. The van der Waals surface area contributed by atoms with E-state index in [9.17, 15) is 14.4 Å². The quantitative estimate of drug-likeness (QED) is 0.516. The zero-order valence-corrected chi connectivity index (χ0v) is 17.2. The molecule has 4 rings (SSSR count). The molecule has 3 amide bonds. The van der Waals surface area contributed by atoms with Gasteiger partial charge in [-0.2, -0.15) is 0 Å². The summed E-state index contributed by atoms with van der Waals surface area (Å²) in [4.78, 5) is 40.8. The number of fused-ring (bicyclic) bond motifs is 1. The predicted molar refractivity (Wildman–Crippen MR) is 110 cm³/mol. The van der Waals surface area contributed by atoms with Crippen LogP contribution in [0.4, 0.5) is 5.13 Å². The number of nitrogens with one attached hydrogen (secondary N) is 3. The number of nitrogens with zero attached hydrogens (tertiary/aromatic N) is 1. The van der Waals surface area contributed by atoms with E-state index in [1.54, 1.807) is 36.6 Å². The lowest BCUT2D eigenvalue weighted by atomic mass is 10.2. The highest BCUT2D eigenvalue weighted by molar-refractivity contribution is 7.14. The normalized spacial score (nSPS) is 12.2. The van der Waals surface area contributed by atoms with E-state index in [-0.39, 0.29) is 12.3 Å². The number of hydrogen-bond donors (Lipinski definition) is 3. The van der Waals surface area contributed by atoms with Gasteiger partial charge in [0.1, 0.15) is 19.0 Å². The number of benzene rings is 1. The zero-order chi connectivity index (χ0) is 21.8. The van der Waals surface area contributed by atoms with Crippen molar-refractivity contribution in [3.63, 3.8) is 0 Å². The molecule has 1 aromatic carbocycles. The van der Waals surface area contributed by atoms with Gasteiger partial charge < -0.3 is 13.9 Å². The number of furan rings is 1. The second-order valence-corrected chi connectivity index (χ2v) is 7.38. The first-order valence-electron chi connectivity index (χ1n) is 9.28. The number of thiazole rings is 1. The van der Waals surface area contributed by atoms with Crippen LogP contribution in [-0.4, -0.2) is 35.9 Å². The molecule has 0 saturated heterocycles. The Hall–Kier alpha value is -3.86. The van der Waals surface area contributed by atoms with E-state index in [1.807, 2.05) is 0 Å². The summed E-state index contributed by atoms with van der Waals surface area (Å²) in [5.74, 6) is 0.256. The highest BCUT2D eigenvalue weighted by atomic mass is 32.1. The van der Waals surface area contributed by atoms with Crippen LogP contribution in [0.2, 0.25) is 0 Å². The topological polar surface area (TPSA) is 132 Å². The summed E-state index contributed by atoms with van der Waals surface area (Å²) < 4.78 is 16.0. The van der Waals surface area contributed by atoms with Crippen LogP contribution in [0.5, 0.6) is 11.5 Å². The summed E-state index contributed by atoms with van der Waals surface area (Å²) in [6, 6.07) is 6.33. The van der Waals surface area contributed by atoms with Crippen molar-refractivity contribution in [1.82, 2.24) is 15.8 Å². The lowest BCUT2D eigenvalue weighted by molar-refractivity contribution is -0.121. The Morgan fingerprint density at radius 3 is 2.65 bits per heavy atom. The van der Waals surface area contributed by atoms with E-state index in [2.05, 4.69) is 21.2 Å². The third kappa shape index (κ3) is 4.83. The fourth-order valence-electron chi connectivity index (χ4n) is 2.82. The standard InChI is InChI=1S/C20H18N4O6S/c1-11-14(4-5-28-11)19(27)22-20-21-13(10-31-20)9-17(25)23-24-18(26)12-2-3-15-16(8-12)30-7-6-29-15/h2-5,8,10H,6-7,9H2,1H3,(H,23,25)(H,24,26)(H,21,22,27). The Morgan fingerprint density at radius 2 is 1.87 bits per heavy atom. The second-order valence-electron chi connectivity index (χ2n) is 6.53. The number of carbonyl (C=O) groups is 3. The molecule has 0 aliphatic carbocycles. The van der Waals surface area contributed by atoms with E-state index in [0.29, 0.717) is 52.4 Å². The molecule has 31 heavy (non-hydrogen) atoms. The number of aromatic nitrogens is 1. The molecular weight excluding hydrogens is 424 g/mol. The summed E-state index contributed by atoms with van der Waals surface area (Å²) in [5, 5.41) is 4.67. The molecule has 0 unspecified atom stereocenters. The van der Waals surface area contributed by atoms with Crippen molar-refractivity contribution in [3.05, 3.63) is 58.5 Å². The molecule has 10 nitrogen and oxygen atoms in total. The second kappa shape index (κ2) is 8.88. The maximum absolute atomic E-state index is 12.3. The smallest absolute Gasteiger partial charge is 0.269 e. The molecule has 1 aliphatic rings. The third-order valence-electron chi connectivity index (χ3n) is 4.34. The number of aryl methyl sites for hydroxylation is 1. The fraction of sp³-hybridized carbons (Fsp3) is 0.200. The van der Waals surface area contributed by atoms with Crippen LogP contribution in [0.25, 0.3) is 0 Å². The van der Waals surface area contributed by atoms with Crippen molar-refractivity contribution in [2.45, 2.75) is 13.3 Å². The van der Waals surface area contributed by atoms with Gasteiger partial charge >= 0.3 is 0 Å². The molecule has 0 spiro atoms. The Bertz CT molecular complexity index is 1140. The molecule has 0 bridgehead atoms. The molecule has 2 aromatic heterocycles. The molecule has 3 N–H and O–H groups in total. The van der Waals surface area contributed by atoms with Crippen molar-refractivity contribution in [2.24, 2.45) is 0 Å². The molecule has 0 saturated carbocycles. The number of carbonyl (C=O) groups excluding carboxylic acids is 3. The van der Waals surface area contributed by atoms with E-state index >= 15 is 0 Å². The van der Waals surface area contributed by atoms with Gasteiger partial charge in [-0.05, 0) is 31.2 Å². The Kier molecular flexibility index (Phi) is 5.85.